The van der Waals surface area contributed by atoms with Gasteiger partial charge in [0.05, 0.1) is 0 Å². The highest BCUT2D eigenvalue weighted by molar-refractivity contribution is 9.11. The third kappa shape index (κ3) is 3.02. The summed E-state index contributed by atoms with van der Waals surface area (Å²) >= 11 is 6.41. The molecule has 1 aromatic rings. The predicted octanol–water partition coefficient (Wildman–Crippen LogP) is 3.91. The first-order chi connectivity index (χ1) is 6.50. The molecule has 1 rings (SSSR count). The molecule has 76 valence electrons. The zero-order valence-electron chi connectivity index (χ0n) is 7.63. The molecule has 0 aliphatic rings. The molecule has 0 fully saturated rings. The fourth-order valence-electron chi connectivity index (χ4n) is 0.764. The molecule has 6 heteroatoms. The first-order valence-electron chi connectivity index (χ1n) is 3.74. The average Bonchev–Trinajstić information content (AvgIpc) is 2.01. The van der Waals surface area contributed by atoms with Gasteiger partial charge >= 0.3 is 0 Å². The Morgan fingerprint density at radius 3 is 2.14 bits per heavy atom. The Kier molecular flexibility index (Phi) is 4.00. The number of rotatable bonds is 2. The Labute approximate surface area is 98.2 Å². The van der Waals surface area contributed by atoms with Crippen molar-refractivity contribution in [1.29, 1.82) is 0 Å². The number of hydrogen-bond donors (Lipinski definition) is 0. The summed E-state index contributed by atoms with van der Waals surface area (Å²) in [6.45, 7) is 0. The van der Waals surface area contributed by atoms with Crippen LogP contribution in [0.1, 0.15) is 0 Å². The monoisotopic (exact) mass is 323 g/mol. The second-order valence-electron chi connectivity index (χ2n) is 2.75. The lowest BCUT2D eigenvalue weighted by Crippen LogP contribution is -1.99. The molecule has 1 aromatic carbocycles. The summed E-state index contributed by atoms with van der Waals surface area (Å²) in [4.78, 5) is 0. The van der Waals surface area contributed by atoms with Crippen molar-refractivity contribution in [2.24, 2.45) is 10.3 Å². The van der Waals surface area contributed by atoms with Gasteiger partial charge in [-0.25, -0.2) is 4.39 Å². The zero-order chi connectivity index (χ0) is 10.7. The lowest BCUT2D eigenvalue weighted by Gasteiger charge is -2.03. The summed E-state index contributed by atoms with van der Waals surface area (Å²) < 4.78 is 14.0. The van der Waals surface area contributed by atoms with E-state index in [9.17, 15) is 4.39 Å². The molecule has 3 nitrogen and oxygen atoms in total. The number of halogens is 3. The van der Waals surface area contributed by atoms with Crippen LogP contribution in [-0.2, 0) is 0 Å². The van der Waals surface area contributed by atoms with Gasteiger partial charge < -0.3 is 0 Å². The third-order valence-electron chi connectivity index (χ3n) is 1.31. The van der Waals surface area contributed by atoms with Crippen molar-refractivity contribution in [3.8, 4) is 0 Å². The van der Waals surface area contributed by atoms with Crippen molar-refractivity contribution < 1.29 is 4.39 Å². The molecule has 0 amide bonds. The first-order valence-corrected chi connectivity index (χ1v) is 5.33. The highest BCUT2D eigenvalue weighted by Crippen LogP contribution is 2.34. The SMILES string of the molecule is CN(C)N=Nc1c(Br)cc(F)cc1Br. The molecule has 0 aliphatic heterocycles. The van der Waals surface area contributed by atoms with Crippen molar-refractivity contribution in [2.45, 2.75) is 0 Å². The average molecular weight is 325 g/mol. The predicted molar refractivity (Wildman–Crippen MR) is 60.0 cm³/mol. The van der Waals surface area contributed by atoms with Crippen molar-refractivity contribution in [3.63, 3.8) is 0 Å². The molecule has 14 heavy (non-hydrogen) atoms. The maximum absolute atomic E-state index is 12.9. The van der Waals surface area contributed by atoms with Crippen LogP contribution in [0.5, 0.6) is 0 Å². The first kappa shape index (κ1) is 11.6. The lowest BCUT2D eigenvalue weighted by atomic mass is 10.3. The molecule has 0 aliphatic carbocycles. The Bertz CT molecular complexity index is 343. The molecule has 0 spiro atoms. The van der Waals surface area contributed by atoms with Crippen LogP contribution in [0.25, 0.3) is 0 Å². The molecular formula is C8H8Br2FN3. The largest absolute Gasteiger partial charge is 0.285 e. The summed E-state index contributed by atoms with van der Waals surface area (Å²) in [5.74, 6) is -0.326. The van der Waals surface area contributed by atoms with E-state index in [1.54, 1.807) is 19.1 Å². The van der Waals surface area contributed by atoms with Crippen molar-refractivity contribution in [1.82, 2.24) is 5.01 Å². The van der Waals surface area contributed by atoms with E-state index >= 15 is 0 Å². The van der Waals surface area contributed by atoms with Gasteiger partial charge in [-0.2, -0.15) is 0 Å². The fraction of sp³-hybridized carbons (Fsp3) is 0.250. The van der Waals surface area contributed by atoms with Crippen LogP contribution >= 0.6 is 31.9 Å². The van der Waals surface area contributed by atoms with Crippen molar-refractivity contribution in [2.75, 3.05) is 14.1 Å². The zero-order valence-corrected chi connectivity index (χ0v) is 10.8. The Morgan fingerprint density at radius 2 is 1.71 bits per heavy atom. The van der Waals surface area contributed by atoms with Gasteiger partial charge in [0.1, 0.15) is 11.5 Å². The van der Waals surface area contributed by atoms with Crippen LogP contribution in [0.2, 0.25) is 0 Å². The minimum atomic E-state index is -0.326. The lowest BCUT2D eigenvalue weighted by molar-refractivity contribution is 0.408. The topological polar surface area (TPSA) is 28.0 Å². The van der Waals surface area contributed by atoms with Gasteiger partial charge in [-0.15, -0.1) is 5.11 Å². The Balaban J connectivity index is 3.09. The van der Waals surface area contributed by atoms with Gasteiger partial charge in [0, 0.05) is 23.0 Å². The molecule has 0 aromatic heterocycles. The highest BCUT2D eigenvalue weighted by Gasteiger charge is 2.06. The number of nitrogens with zero attached hydrogens (tertiary/aromatic N) is 3. The maximum atomic E-state index is 12.9. The van der Waals surface area contributed by atoms with Gasteiger partial charge in [0.15, 0.2) is 0 Å². The number of benzene rings is 1. The fourth-order valence-corrected chi connectivity index (χ4v) is 2.05. The second-order valence-corrected chi connectivity index (χ2v) is 4.46. The second kappa shape index (κ2) is 4.84. The van der Waals surface area contributed by atoms with E-state index in [1.165, 1.54) is 12.1 Å². The molecule has 0 saturated carbocycles. The third-order valence-corrected chi connectivity index (χ3v) is 2.51. The number of hydrogen-bond acceptors (Lipinski definition) is 2. The van der Waals surface area contributed by atoms with Gasteiger partial charge in [0.2, 0.25) is 0 Å². The smallest absolute Gasteiger partial charge is 0.125 e. The minimum absolute atomic E-state index is 0.326. The van der Waals surface area contributed by atoms with Gasteiger partial charge in [0.25, 0.3) is 0 Å². The van der Waals surface area contributed by atoms with Gasteiger partial charge in [-0.3, -0.25) is 5.01 Å². The van der Waals surface area contributed by atoms with Crippen LogP contribution in [-0.4, -0.2) is 19.1 Å². The molecule has 0 radical (unpaired) electrons. The van der Waals surface area contributed by atoms with E-state index in [0.717, 1.165) is 0 Å². The van der Waals surface area contributed by atoms with Gasteiger partial charge in [-0.05, 0) is 44.0 Å². The molecule has 0 bridgehead atoms. The van der Waals surface area contributed by atoms with Gasteiger partial charge in [-0.1, -0.05) is 5.22 Å². The summed E-state index contributed by atoms with van der Waals surface area (Å²) in [7, 11) is 3.52. The van der Waals surface area contributed by atoms with Crippen LogP contribution in [0.4, 0.5) is 10.1 Å². The maximum Gasteiger partial charge on any atom is 0.125 e. The Morgan fingerprint density at radius 1 is 1.21 bits per heavy atom. The van der Waals surface area contributed by atoms with Crippen molar-refractivity contribution >= 4 is 37.5 Å². The van der Waals surface area contributed by atoms with E-state index in [1.807, 2.05) is 0 Å². The highest BCUT2D eigenvalue weighted by atomic mass is 79.9. The summed E-state index contributed by atoms with van der Waals surface area (Å²) in [5.41, 5.74) is 0.570. The molecular weight excluding hydrogens is 317 g/mol. The van der Waals surface area contributed by atoms with Crippen LogP contribution in [0.15, 0.2) is 31.4 Å². The van der Waals surface area contributed by atoms with Crippen LogP contribution in [0.3, 0.4) is 0 Å². The summed E-state index contributed by atoms with van der Waals surface area (Å²) in [6, 6.07) is 2.68. The molecule has 0 N–H and O–H groups in total. The molecule has 0 saturated heterocycles. The summed E-state index contributed by atoms with van der Waals surface area (Å²) in [6.07, 6.45) is 0. The van der Waals surface area contributed by atoms with Crippen molar-refractivity contribution in [3.05, 3.63) is 26.9 Å². The quantitative estimate of drug-likeness (QED) is 0.598. The van der Waals surface area contributed by atoms with E-state index in [0.29, 0.717) is 14.6 Å². The van der Waals surface area contributed by atoms with E-state index in [4.69, 9.17) is 0 Å². The molecule has 0 atom stereocenters. The standard InChI is InChI=1S/C8H8Br2FN3/c1-14(2)13-12-8-6(9)3-5(11)4-7(8)10/h3-4H,1-2H3. The molecule has 0 unspecified atom stereocenters. The normalized spacial score (nSPS) is 10.9. The van der Waals surface area contributed by atoms with Crippen LogP contribution < -0.4 is 0 Å². The van der Waals surface area contributed by atoms with Crippen LogP contribution in [0, 0.1) is 5.82 Å². The minimum Gasteiger partial charge on any atom is -0.285 e. The summed E-state index contributed by atoms with van der Waals surface area (Å²) in [5, 5.41) is 9.32. The van der Waals surface area contributed by atoms with E-state index in [2.05, 4.69) is 42.2 Å². The van der Waals surface area contributed by atoms with E-state index < -0.39 is 0 Å². The molecule has 0 heterocycles. The Hall–Kier alpha value is -0.490. The van der Waals surface area contributed by atoms with E-state index in [-0.39, 0.29) is 5.82 Å².